The van der Waals surface area contributed by atoms with Crippen molar-refractivity contribution < 1.29 is 4.79 Å². The van der Waals surface area contributed by atoms with Gasteiger partial charge in [0.2, 0.25) is 5.95 Å². The molecule has 0 fully saturated rings. The van der Waals surface area contributed by atoms with Gasteiger partial charge in [-0.15, -0.1) is 0 Å². The van der Waals surface area contributed by atoms with Gasteiger partial charge < -0.3 is 0 Å². The van der Waals surface area contributed by atoms with E-state index in [2.05, 4.69) is 27.2 Å². The molecule has 7 heteroatoms. The molecule has 0 atom stereocenters. The third kappa shape index (κ3) is 3.31. The summed E-state index contributed by atoms with van der Waals surface area (Å²) in [6, 6.07) is 12.1. The van der Waals surface area contributed by atoms with Crippen molar-refractivity contribution in [2.45, 2.75) is 33.7 Å². The molecule has 0 radical (unpaired) electrons. The number of benzene rings is 1. The topological polar surface area (TPSA) is 78.5 Å². The summed E-state index contributed by atoms with van der Waals surface area (Å²) in [5.74, 6) is 0.569. The molecule has 3 aromatic heterocycles. The Morgan fingerprint density at radius 2 is 1.86 bits per heavy atom. The molecule has 0 unspecified atom stereocenters. The quantitative estimate of drug-likeness (QED) is 0.500. The molecule has 4 rings (SSSR count). The molecule has 142 valence electrons. The molecule has 28 heavy (non-hydrogen) atoms. The van der Waals surface area contributed by atoms with Crippen LogP contribution in [0.25, 0.3) is 17.1 Å². The van der Waals surface area contributed by atoms with E-state index in [0.29, 0.717) is 29.4 Å². The summed E-state index contributed by atoms with van der Waals surface area (Å²) in [5, 5.41) is 4.32. The third-order valence-electron chi connectivity index (χ3n) is 4.58. The van der Waals surface area contributed by atoms with Crippen molar-refractivity contribution in [3.63, 3.8) is 0 Å². The Labute approximate surface area is 163 Å². The molecule has 0 amide bonds. The molecular weight excluding hydrogens is 352 g/mol. The second-order valence-electron chi connectivity index (χ2n) is 7.72. The van der Waals surface area contributed by atoms with Crippen LogP contribution < -0.4 is 0 Å². The summed E-state index contributed by atoms with van der Waals surface area (Å²) < 4.78 is 3.69. The van der Waals surface area contributed by atoms with Crippen molar-refractivity contribution in [2.75, 3.05) is 0 Å². The van der Waals surface area contributed by atoms with Crippen LogP contribution in [0.1, 0.15) is 36.8 Å². The van der Waals surface area contributed by atoms with Crippen LogP contribution in [0.2, 0.25) is 0 Å². The highest BCUT2D eigenvalue weighted by Crippen LogP contribution is 2.25. The zero-order chi connectivity index (χ0) is 19.7. The molecule has 1 aromatic carbocycles. The predicted molar refractivity (Wildman–Crippen MR) is 106 cm³/mol. The maximum Gasteiger partial charge on any atom is 0.233 e. The largest absolute Gasteiger partial charge is 0.293 e. The van der Waals surface area contributed by atoms with Crippen molar-refractivity contribution in [1.29, 1.82) is 0 Å². The molecule has 0 aliphatic carbocycles. The van der Waals surface area contributed by atoms with Crippen LogP contribution in [-0.2, 0) is 13.0 Å². The minimum absolute atomic E-state index is 0.0559. The Bertz CT molecular complexity index is 1110. The van der Waals surface area contributed by atoms with E-state index in [1.165, 1.54) is 11.9 Å². The van der Waals surface area contributed by atoms with Crippen LogP contribution in [0.3, 0.4) is 0 Å². The van der Waals surface area contributed by atoms with Gasteiger partial charge in [0.05, 0.1) is 0 Å². The van der Waals surface area contributed by atoms with Gasteiger partial charge in [-0.2, -0.15) is 5.10 Å². The highest BCUT2D eigenvalue weighted by molar-refractivity contribution is 6.06. The molecule has 7 nitrogen and oxygen atoms in total. The summed E-state index contributed by atoms with van der Waals surface area (Å²) in [5.41, 5.74) is 2.17. The van der Waals surface area contributed by atoms with E-state index in [9.17, 15) is 4.79 Å². The van der Waals surface area contributed by atoms with E-state index in [1.807, 2.05) is 55.8 Å². The van der Waals surface area contributed by atoms with Gasteiger partial charge in [0, 0.05) is 24.4 Å². The number of carbonyl (C=O) groups is 1. The van der Waals surface area contributed by atoms with E-state index in [4.69, 9.17) is 4.98 Å². The first-order valence-electron chi connectivity index (χ1n) is 9.25. The predicted octanol–water partition coefficient (Wildman–Crippen LogP) is 3.48. The number of hydrogen-bond acceptors (Lipinski definition) is 5. The Morgan fingerprint density at radius 3 is 2.54 bits per heavy atom. The Morgan fingerprint density at radius 1 is 1.07 bits per heavy atom. The molecule has 0 bridgehead atoms. The average Bonchev–Trinajstić information content (AvgIpc) is 3.33. The van der Waals surface area contributed by atoms with Crippen LogP contribution in [0, 0.1) is 5.41 Å². The first kappa shape index (κ1) is 18.0. The van der Waals surface area contributed by atoms with Gasteiger partial charge in [0.25, 0.3) is 0 Å². The maximum atomic E-state index is 12.9. The van der Waals surface area contributed by atoms with Crippen LogP contribution in [0.4, 0.5) is 0 Å². The second-order valence-corrected chi connectivity index (χ2v) is 7.72. The lowest BCUT2D eigenvalue weighted by atomic mass is 9.88. The van der Waals surface area contributed by atoms with Gasteiger partial charge >= 0.3 is 0 Å². The van der Waals surface area contributed by atoms with E-state index >= 15 is 0 Å². The molecule has 0 saturated carbocycles. The van der Waals surface area contributed by atoms with Crippen molar-refractivity contribution in [3.05, 3.63) is 66.4 Å². The first-order valence-corrected chi connectivity index (χ1v) is 9.25. The Balaban J connectivity index is 1.84. The number of nitrogens with zero attached hydrogens (tertiary/aromatic N) is 6. The lowest BCUT2D eigenvalue weighted by Crippen LogP contribution is -2.22. The number of ketones is 1. The van der Waals surface area contributed by atoms with Crippen molar-refractivity contribution in [1.82, 2.24) is 29.3 Å². The summed E-state index contributed by atoms with van der Waals surface area (Å²) in [6.45, 7) is 6.30. The highest BCUT2D eigenvalue weighted by atomic mass is 16.1. The number of aryl methyl sites for hydroxylation is 2. The average molecular weight is 374 g/mol. The van der Waals surface area contributed by atoms with Gasteiger partial charge in [-0.05, 0) is 18.1 Å². The molecule has 0 spiro atoms. The number of Topliss-reactive ketones (excluding diaryl/α,β-unsaturated/α-hetero) is 1. The monoisotopic (exact) mass is 374 g/mol. The molecule has 0 saturated heterocycles. The summed E-state index contributed by atoms with van der Waals surface area (Å²) in [7, 11) is 0. The molecule has 3 heterocycles. The fourth-order valence-corrected chi connectivity index (χ4v) is 3.10. The van der Waals surface area contributed by atoms with Crippen molar-refractivity contribution >= 4 is 16.9 Å². The zero-order valence-electron chi connectivity index (χ0n) is 16.2. The lowest BCUT2D eigenvalue weighted by Gasteiger charge is -2.15. The second kappa shape index (κ2) is 6.99. The maximum absolute atomic E-state index is 12.9. The zero-order valence-corrected chi connectivity index (χ0v) is 16.2. The van der Waals surface area contributed by atoms with Crippen LogP contribution >= 0.6 is 0 Å². The number of aromatic nitrogens is 6. The van der Waals surface area contributed by atoms with E-state index in [1.54, 1.807) is 10.9 Å². The fourth-order valence-electron chi connectivity index (χ4n) is 3.10. The van der Waals surface area contributed by atoms with Crippen molar-refractivity contribution in [3.8, 4) is 5.95 Å². The highest BCUT2D eigenvalue weighted by Gasteiger charge is 2.28. The first-order chi connectivity index (χ1) is 13.4. The van der Waals surface area contributed by atoms with Gasteiger partial charge in [-0.3, -0.25) is 9.36 Å². The normalized spacial score (nSPS) is 11.8. The van der Waals surface area contributed by atoms with Gasteiger partial charge in [-0.1, -0.05) is 51.1 Å². The molecule has 0 aliphatic rings. The molecule has 4 aromatic rings. The van der Waals surface area contributed by atoms with Gasteiger partial charge in [0.1, 0.15) is 17.5 Å². The lowest BCUT2D eigenvalue weighted by molar-refractivity contribution is 0.0854. The number of imidazole rings is 1. The van der Waals surface area contributed by atoms with E-state index in [0.717, 1.165) is 6.42 Å². The number of rotatable bonds is 5. The van der Waals surface area contributed by atoms with Gasteiger partial charge in [0.15, 0.2) is 11.4 Å². The Hall–Kier alpha value is -3.35. The number of carbonyl (C=O) groups excluding carboxylic acids is 1. The van der Waals surface area contributed by atoms with Crippen LogP contribution in [-0.4, -0.2) is 35.1 Å². The SMILES string of the molecule is CC(C)(C)C(=O)c1ncnc2c1nc(-n1cccn1)n2CCc1ccccc1. The minimum atomic E-state index is -0.555. The third-order valence-corrected chi connectivity index (χ3v) is 4.58. The van der Waals surface area contributed by atoms with E-state index in [-0.39, 0.29) is 5.78 Å². The fraction of sp³-hybridized carbons (Fsp3) is 0.286. The Kier molecular flexibility index (Phi) is 4.50. The standard InChI is InChI=1S/C21H22N6O/c1-21(2,3)18(28)16-17-19(23-14-22-16)26(13-10-15-8-5-4-6-9-15)20(25-17)27-12-7-11-24-27/h4-9,11-12,14H,10,13H2,1-3H3. The van der Waals surface area contributed by atoms with Crippen LogP contribution in [0.15, 0.2) is 55.1 Å². The molecular formula is C21H22N6O. The summed E-state index contributed by atoms with van der Waals surface area (Å²) in [4.78, 5) is 26.3. The smallest absolute Gasteiger partial charge is 0.233 e. The molecule has 0 N–H and O–H groups in total. The minimum Gasteiger partial charge on any atom is -0.293 e. The molecule has 0 aliphatic heterocycles. The van der Waals surface area contributed by atoms with E-state index < -0.39 is 5.41 Å². The van der Waals surface area contributed by atoms with Crippen molar-refractivity contribution in [2.24, 2.45) is 5.41 Å². The number of hydrogen-bond donors (Lipinski definition) is 0. The van der Waals surface area contributed by atoms with Crippen LogP contribution in [0.5, 0.6) is 0 Å². The number of fused-ring (bicyclic) bond motifs is 1. The van der Waals surface area contributed by atoms with Gasteiger partial charge in [-0.25, -0.2) is 19.6 Å². The summed E-state index contributed by atoms with van der Waals surface area (Å²) >= 11 is 0. The summed E-state index contributed by atoms with van der Waals surface area (Å²) in [6.07, 6.45) is 5.79.